The van der Waals surface area contributed by atoms with Gasteiger partial charge in [-0.3, -0.25) is 9.59 Å². The molecule has 2 aliphatic heterocycles. The van der Waals surface area contributed by atoms with Gasteiger partial charge in [-0.25, -0.2) is 0 Å². The first kappa shape index (κ1) is 13.3. The number of carbonyl (C=O) groups excluding carboxylic acids is 1. The summed E-state index contributed by atoms with van der Waals surface area (Å²) < 4.78 is 6.32. The molecule has 3 rings (SSSR count). The van der Waals surface area contributed by atoms with Crippen molar-refractivity contribution in [1.29, 1.82) is 0 Å². The van der Waals surface area contributed by atoms with E-state index in [4.69, 9.17) is 4.74 Å². The Hall–Kier alpha value is -1.66. The molecule has 104 valence electrons. The van der Waals surface area contributed by atoms with Crippen LogP contribution in [0.3, 0.4) is 0 Å². The Morgan fingerprint density at radius 3 is 2.55 bits per heavy atom. The molecule has 0 saturated carbocycles. The molecule has 2 heterocycles. The lowest BCUT2D eigenvalue weighted by Crippen LogP contribution is -2.39. The Balaban J connectivity index is 1.80. The maximum Gasteiger partial charge on any atom is 0.310 e. The van der Waals surface area contributed by atoms with Gasteiger partial charge in [-0.1, -0.05) is 34.1 Å². The predicted octanol–water partition coefficient (Wildman–Crippen LogP) is 2.04. The van der Waals surface area contributed by atoms with Gasteiger partial charge in [-0.05, 0) is 18.2 Å². The first-order valence-corrected chi connectivity index (χ1v) is 6.98. The van der Waals surface area contributed by atoms with Crippen molar-refractivity contribution in [2.24, 2.45) is 11.8 Å². The fourth-order valence-electron chi connectivity index (χ4n) is 2.71. The molecular weight excluding hydrogens is 326 g/mol. The number of anilines is 1. The molecule has 2 N–H and O–H groups in total. The summed E-state index contributed by atoms with van der Waals surface area (Å²) in [4.78, 5) is 23.6. The van der Waals surface area contributed by atoms with Crippen LogP contribution in [-0.2, 0) is 14.3 Å². The van der Waals surface area contributed by atoms with Crippen LogP contribution in [0.4, 0.5) is 5.69 Å². The molecule has 1 aromatic carbocycles. The van der Waals surface area contributed by atoms with E-state index in [0.717, 1.165) is 4.47 Å². The van der Waals surface area contributed by atoms with Gasteiger partial charge < -0.3 is 15.2 Å². The summed E-state index contributed by atoms with van der Waals surface area (Å²) in [5, 5.41) is 12.0. The van der Waals surface area contributed by atoms with E-state index in [1.807, 2.05) is 6.07 Å². The highest BCUT2D eigenvalue weighted by Gasteiger charge is 2.53. The second-order valence-corrected chi connectivity index (χ2v) is 5.76. The Labute approximate surface area is 123 Å². The molecule has 20 heavy (non-hydrogen) atoms. The van der Waals surface area contributed by atoms with Crippen LogP contribution in [0, 0.1) is 11.8 Å². The number of aliphatic carboxylic acids is 1. The molecule has 0 radical (unpaired) electrons. The first-order valence-electron chi connectivity index (χ1n) is 6.19. The van der Waals surface area contributed by atoms with E-state index in [1.54, 1.807) is 30.4 Å². The van der Waals surface area contributed by atoms with Crippen molar-refractivity contribution in [2.75, 3.05) is 5.32 Å². The number of nitrogens with one attached hydrogen (secondary N) is 1. The molecule has 0 aliphatic carbocycles. The standard InChI is InChI=1S/C14H12BrNO4/c15-7-2-1-3-8(6-7)16-13(17)11-9-4-5-10(20-9)12(11)14(18)19/h1-6,9-12H,(H,16,17)(H,18,19)/t9-,10+,11-,12-/m0/s1. The Kier molecular flexibility index (Phi) is 3.35. The lowest BCUT2D eigenvalue weighted by Gasteiger charge is -2.21. The van der Waals surface area contributed by atoms with E-state index in [0.29, 0.717) is 5.69 Å². The number of hydrogen-bond acceptors (Lipinski definition) is 3. The van der Waals surface area contributed by atoms with Gasteiger partial charge in [0.15, 0.2) is 0 Å². The predicted molar refractivity (Wildman–Crippen MR) is 75.2 cm³/mol. The highest BCUT2D eigenvalue weighted by molar-refractivity contribution is 9.10. The van der Waals surface area contributed by atoms with Crippen LogP contribution in [0.15, 0.2) is 40.9 Å². The zero-order chi connectivity index (χ0) is 14.3. The van der Waals surface area contributed by atoms with Crippen molar-refractivity contribution >= 4 is 33.5 Å². The van der Waals surface area contributed by atoms with Gasteiger partial charge in [-0.15, -0.1) is 0 Å². The number of amides is 1. The van der Waals surface area contributed by atoms with E-state index in [2.05, 4.69) is 21.2 Å². The van der Waals surface area contributed by atoms with E-state index in [9.17, 15) is 14.7 Å². The van der Waals surface area contributed by atoms with Gasteiger partial charge in [-0.2, -0.15) is 0 Å². The van der Waals surface area contributed by atoms with Crippen molar-refractivity contribution in [2.45, 2.75) is 12.2 Å². The highest BCUT2D eigenvalue weighted by atomic mass is 79.9. The van der Waals surface area contributed by atoms with Gasteiger partial charge in [0.2, 0.25) is 5.91 Å². The van der Waals surface area contributed by atoms with Crippen molar-refractivity contribution in [3.63, 3.8) is 0 Å². The van der Waals surface area contributed by atoms with E-state index in [-0.39, 0.29) is 5.91 Å². The zero-order valence-corrected chi connectivity index (χ0v) is 11.9. The summed E-state index contributed by atoms with van der Waals surface area (Å²) in [6, 6.07) is 7.16. The molecule has 1 amide bonds. The van der Waals surface area contributed by atoms with E-state index < -0.39 is 30.0 Å². The van der Waals surface area contributed by atoms with Gasteiger partial charge >= 0.3 is 5.97 Å². The Bertz CT molecular complexity index is 601. The fraction of sp³-hybridized carbons (Fsp3) is 0.286. The smallest absolute Gasteiger partial charge is 0.310 e. The van der Waals surface area contributed by atoms with Crippen LogP contribution in [0.1, 0.15) is 0 Å². The number of carbonyl (C=O) groups is 2. The van der Waals surface area contributed by atoms with Crippen molar-refractivity contribution in [3.05, 3.63) is 40.9 Å². The number of hydrogen-bond donors (Lipinski definition) is 2. The average molecular weight is 338 g/mol. The molecule has 1 aromatic rings. The number of benzene rings is 1. The van der Waals surface area contributed by atoms with Crippen LogP contribution in [0.25, 0.3) is 0 Å². The third-order valence-corrected chi connectivity index (χ3v) is 4.07. The second-order valence-electron chi connectivity index (χ2n) is 4.84. The number of halogens is 1. The second kappa shape index (κ2) is 5.03. The maximum atomic E-state index is 12.3. The van der Waals surface area contributed by atoms with Crippen molar-refractivity contribution in [1.82, 2.24) is 0 Å². The van der Waals surface area contributed by atoms with E-state index >= 15 is 0 Å². The van der Waals surface area contributed by atoms with Gasteiger partial charge in [0.05, 0.1) is 18.1 Å². The van der Waals surface area contributed by atoms with Gasteiger partial charge in [0, 0.05) is 10.2 Å². The normalized spacial score (nSPS) is 30.4. The minimum absolute atomic E-state index is 0.327. The number of ether oxygens (including phenoxy) is 1. The van der Waals surface area contributed by atoms with Gasteiger partial charge in [0.25, 0.3) is 0 Å². The average Bonchev–Trinajstić information content (AvgIpc) is 2.98. The summed E-state index contributed by atoms with van der Waals surface area (Å²) in [5.74, 6) is -2.85. The quantitative estimate of drug-likeness (QED) is 0.827. The molecule has 0 aromatic heterocycles. The molecule has 6 heteroatoms. The summed E-state index contributed by atoms with van der Waals surface area (Å²) in [6.07, 6.45) is 2.52. The first-order chi connectivity index (χ1) is 9.56. The lowest BCUT2D eigenvalue weighted by molar-refractivity contribution is -0.145. The van der Waals surface area contributed by atoms with Gasteiger partial charge in [0.1, 0.15) is 5.92 Å². The highest BCUT2D eigenvalue weighted by Crippen LogP contribution is 2.39. The minimum Gasteiger partial charge on any atom is -0.481 e. The molecule has 4 atom stereocenters. The lowest BCUT2D eigenvalue weighted by atomic mass is 9.82. The summed E-state index contributed by atoms with van der Waals surface area (Å²) >= 11 is 3.32. The molecule has 2 aliphatic rings. The number of carboxylic acids is 1. The zero-order valence-electron chi connectivity index (χ0n) is 10.3. The third kappa shape index (κ3) is 2.25. The van der Waals surface area contributed by atoms with E-state index in [1.165, 1.54) is 0 Å². The molecule has 2 bridgehead atoms. The largest absolute Gasteiger partial charge is 0.481 e. The fourth-order valence-corrected chi connectivity index (χ4v) is 3.11. The summed E-state index contributed by atoms with van der Waals surface area (Å²) in [6.45, 7) is 0. The maximum absolute atomic E-state index is 12.3. The molecular formula is C14H12BrNO4. The molecule has 1 saturated heterocycles. The van der Waals surface area contributed by atoms with Crippen LogP contribution in [-0.4, -0.2) is 29.2 Å². The Morgan fingerprint density at radius 2 is 1.90 bits per heavy atom. The summed E-state index contributed by atoms with van der Waals surface area (Å²) in [5.41, 5.74) is 0.625. The van der Waals surface area contributed by atoms with Crippen LogP contribution >= 0.6 is 15.9 Å². The number of rotatable bonds is 3. The number of fused-ring (bicyclic) bond motifs is 2. The molecule has 5 nitrogen and oxygen atoms in total. The van der Waals surface area contributed by atoms with Crippen LogP contribution < -0.4 is 5.32 Å². The van der Waals surface area contributed by atoms with Crippen LogP contribution in [0.5, 0.6) is 0 Å². The SMILES string of the molecule is O=C(Nc1cccc(Br)c1)[C@@H]1[C@@H](C(=O)O)[C@H]2C=C[C@@H]1O2. The monoisotopic (exact) mass is 337 g/mol. The number of carboxylic acid groups (broad SMARTS) is 1. The summed E-state index contributed by atoms with van der Waals surface area (Å²) in [7, 11) is 0. The molecule has 0 unspecified atom stereocenters. The van der Waals surface area contributed by atoms with Crippen molar-refractivity contribution in [3.8, 4) is 0 Å². The molecule has 0 spiro atoms. The molecule has 1 fully saturated rings. The third-order valence-electron chi connectivity index (χ3n) is 3.58. The Morgan fingerprint density at radius 1 is 1.20 bits per heavy atom. The van der Waals surface area contributed by atoms with Crippen LogP contribution in [0.2, 0.25) is 0 Å². The minimum atomic E-state index is -1.00. The van der Waals surface area contributed by atoms with Crippen molar-refractivity contribution < 1.29 is 19.4 Å². The topological polar surface area (TPSA) is 75.6 Å².